The Bertz CT molecular complexity index is 1290. The first kappa shape index (κ1) is 25.2. The minimum Gasteiger partial charge on any atom is -0.493 e. The molecule has 4 bridgehead atoms. The molecule has 7 rings (SSSR count). The van der Waals surface area contributed by atoms with Crippen molar-refractivity contribution in [1.82, 2.24) is 4.90 Å². The van der Waals surface area contributed by atoms with Crippen LogP contribution in [-0.2, 0) is 15.0 Å². The van der Waals surface area contributed by atoms with Crippen LogP contribution in [0.2, 0.25) is 0 Å². The Morgan fingerprint density at radius 3 is 2.37 bits per heavy atom. The predicted octanol–water partition coefficient (Wildman–Crippen LogP) is 6.37. The summed E-state index contributed by atoms with van der Waals surface area (Å²) in [5.41, 5.74) is 2.69. The zero-order chi connectivity index (χ0) is 26.4. The van der Waals surface area contributed by atoms with Crippen LogP contribution < -0.4 is 10.1 Å². The van der Waals surface area contributed by atoms with Crippen molar-refractivity contribution in [3.05, 3.63) is 64.3 Å². The van der Waals surface area contributed by atoms with E-state index in [1.54, 1.807) is 6.08 Å². The number of carbonyl (C=O) groups is 3. The molecule has 1 N–H and O–H groups in total. The molecule has 8 heteroatoms. The largest absolute Gasteiger partial charge is 0.493 e. The fraction of sp³-hybridized carbons (Fsp3) is 0.433. The van der Waals surface area contributed by atoms with Crippen molar-refractivity contribution in [2.24, 2.45) is 17.8 Å². The van der Waals surface area contributed by atoms with Gasteiger partial charge in [-0.05, 0) is 128 Å². The van der Waals surface area contributed by atoms with Crippen LogP contribution >= 0.6 is 11.8 Å². The van der Waals surface area contributed by atoms with Gasteiger partial charge < -0.3 is 10.1 Å². The topological polar surface area (TPSA) is 75.7 Å². The molecular formula is C30H31FN2O4S. The van der Waals surface area contributed by atoms with E-state index in [1.165, 1.54) is 68.4 Å². The van der Waals surface area contributed by atoms with Gasteiger partial charge in [-0.25, -0.2) is 4.39 Å². The number of thioether (sulfide) groups is 1. The van der Waals surface area contributed by atoms with Gasteiger partial charge in [0, 0.05) is 11.3 Å². The number of nitrogens with one attached hydrogen (secondary N) is 1. The van der Waals surface area contributed by atoms with Crippen LogP contribution in [0.25, 0.3) is 6.08 Å². The lowest BCUT2D eigenvalue weighted by atomic mass is 9.48. The van der Waals surface area contributed by atoms with Crippen LogP contribution in [0.4, 0.5) is 14.9 Å². The summed E-state index contributed by atoms with van der Waals surface area (Å²) in [6, 6.07) is 11.7. The Labute approximate surface area is 226 Å². The summed E-state index contributed by atoms with van der Waals surface area (Å²) in [6.45, 7) is 2.00. The van der Waals surface area contributed by atoms with Gasteiger partial charge in [0.1, 0.15) is 18.1 Å². The second-order valence-corrected chi connectivity index (χ2v) is 12.2. The number of hydrogen-bond donors (Lipinski definition) is 1. The quantitative estimate of drug-likeness (QED) is 0.418. The van der Waals surface area contributed by atoms with Crippen molar-refractivity contribution in [3.8, 4) is 5.75 Å². The third-order valence-electron chi connectivity index (χ3n) is 8.55. The van der Waals surface area contributed by atoms with E-state index in [1.807, 2.05) is 13.0 Å². The van der Waals surface area contributed by atoms with Crippen molar-refractivity contribution in [2.75, 3.05) is 18.5 Å². The van der Waals surface area contributed by atoms with Gasteiger partial charge in [0.15, 0.2) is 0 Å². The van der Waals surface area contributed by atoms with E-state index in [0.717, 1.165) is 40.0 Å². The molecule has 0 aromatic heterocycles. The summed E-state index contributed by atoms with van der Waals surface area (Å²) in [7, 11) is 0. The molecule has 2 aromatic rings. The van der Waals surface area contributed by atoms with Crippen LogP contribution in [0.5, 0.6) is 5.75 Å². The predicted molar refractivity (Wildman–Crippen MR) is 145 cm³/mol. The maximum Gasteiger partial charge on any atom is 0.294 e. The number of nitrogens with zero attached hydrogens (tertiary/aromatic N) is 1. The monoisotopic (exact) mass is 534 g/mol. The number of rotatable bonds is 7. The van der Waals surface area contributed by atoms with Crippen LogP contribution in [0.1, 0.15) is 56.6 Å². The normalized spacial score (nSPS) is 28.8. The fourth-order valence-electron chi connectivity index (χ4n) is 7.40. The summed E-state index contributed by atoms with van der Waals surface area (Å²) in [4.78, 5) is 39.6. The van der Waals surface area contributed by atoms with Crippen molar-refractivity contribution < 1.29 is 23.5 Å². The first-order valence-corrected chi connectivity index (χ1v) is 14.2. The molecule has 198 valence electrons. The average molecular weight is 535 g/mol. The molecule has 3 amide bonds. The number of anilines is 1. The molecule has 1 heterocycles. The fourth-order valence-corrected chi connectivity index (χ4v) is 8.23. The maximum atomic E-state index is 13.2. The van der Waals surface area contributed by atoms with E-state index in [9.17, 15) is 18.8 Å². The summed E-state index contributed by atoms with van der Waals surface area (Å²) in [6.07, 6.45) is 9.52. The molecule has 4 saturated carbocycles. The second kappa shape index (κ2) is 9.88. The van der Waals surface area contributed by atoms with E-state index in [-0.39, 0.29) is 10.3 Å². The number of hydrogen-bond acceptors (Lipinski definition) is 5. The van der Waals surface area contributed by atoms with E-state index < -0.39 is 29.4 Å². The Morgan fingerprint density at radius 1 is 1.08 bits per heavy atom. The van der Waals surface area contributed by atoms with Crippen LogP contribution in [0, 0.1) is 23.6 Å². The molecule has 0 spiro atoms. The van der Waals surface area contributed by atoms with E-state index in [0.29, 0.717) is 18.0 Å². The molecule has 5 aliphatic rings. The van der Waals surface area contributed by atoms with Crippen LogP contribution in [0.15, 0.2) is 47.4 Å². The van der Waals surface area contributed by atoms with Crippen molar-refractivity contribution in [1.29, 1.82) is 0 Å². The Balaban J connectivity index is 1.23. The average Bonchev–Trinajstić information content (AvgIpc) is 3.13. The number of halogens is 1. The Hall–Kier alpha value is -3.13. The molecule has 1 aliphatic heterocycles. The lowest BCUT2D eigenvalue weighted by molar-refractivity contribution is -0.127. The van der Waals surface area contributed by atoms with Crippen molar-refractivity contribution in [2.45, 2.75) is 50.9 Å². The molecule has 5 fully saturated rings. The first-order valence-electron chi connectivity index (χ1n) is 13.4. The minimum absolute atomic E-state index is 0.194. The van der Waals surface area contributed by atoms with Gasteiger partial charge in [0.05, 0.1) is 11.5 Å². The van der Waals surface area contributed by atoms with Crippen LogP contribution in [0.3, 0.4) is 0 Å². The highest BCUT2D eigenvalue weighted by atomic mass is 32.2. The maximum absolute atomic E-state index is 13.2. The third kappa shape index (κ3) is 4.75. The third-order valence-corrected chi connectivity index (χ3v) is 9.46. The molecular weight excluding hydrogens is 503 g/mol. The van der Waals surface area contributed by atoms with E-state index in [4.69, 9.17) is 4.74 Å². The lowest BCUT2D eigenvalue weighted by Crippen LogP contribution is -2.48. The smallest absolute Gasteiger partial charge is 0.294 e. The van der Waals surface area contributed by atoms with E-state index in [2.05, 4.69) is 17.4 Å². The van der Waals surface area contributed by atoms with E-state index >= 15 is 0 Å². The molecule has 2 aromatic carbocycles. The van der Waals surface area contributed by atoms with Gasteiger partial charge in [-0.2, -0.15) is 0 Å². The molecule has 6 nitrogen and oxygen atoms in total. The minimum atomic E-state index is -0.529. The van der Waals surface area contributed by atoms with Gasteiger partial charge in [0.25, 0.3) is 11.1 Å². The molecule has 0 radical (unpaired) electrons. The highest BCUT2D eigenvalue weighted by molar-refractivity contribution is 8.18. The summed E-state index contributed by atoms with van der Waals surface area (Å²) >= 11 is 0.832. The zero-order valence-corrected chi connectivity index (χ0v) is 22.2. The zero-order valence-electron chi connectivity index (χ0n) is 21.4. The highest BCUT2D eigenvalue weighted by Crippen LogP contribution is 2.61. The molecule has 0 atom stereocenters. The summed E-state index contributed by atoms with van der Waals surface area (Å²) in [5, 5.41) is 2.10. The van der Waals surface area contributed by atoms with Crippen molar-refractivity contribution >= 4 is 40.6 Å². The molecule has 38 heavy (non-hydrogen) atoms. The standard InChI is InChI=1S/C30H31FN2O4S/c1-2-37-25-8-3-22(30-14-18-9-19(15-30)11-20(10-18)16-30)12-21(25)13-26-28(35)33(29(36)38-26)17-27(34)32-24-6-4-23(31)5-7-24/h3-8,12-13,18-20H,2,9-11,14-17H2,1H3,(H,32,34)/b26-13+. The van der Waals surface area contributed by atoms with Gasteiger partial charge in [0.2, 0.25) is 5.91 Å². The van der Waals surface area contributed by atoms with Gasteiger partial charge >= 0.3 is 0 Å². The molecule has 1 saturated heterocycles. The summed E-state index contributed by atoms with van der Waals surface area (Å²) in [5.74, 6) is 1.67. The number of amides is 3. The SMILES string of the molecule is CCOc1ccc(C23CC4CC(CC(C4)C2)C3)cc1/C=C1/SC(=O)N(CC(=O)Nc2ccc(F)cc2)C1=O. The Kier molecular flexibility index (Phi) is 6.54. The number of ether oxygens (including phenoxy) is 1. The number of imide groups is 1. The van der Waals surface area contributed by atoms with Gasteiger partial charge in [-0.15, -0.1) is 0 Å². The Morgan fingerprint density at radius 2 is 1.74 bits per heavy atom. The summed E-state index contributed by atoms with van der Waals surface area (Å²) < 4.78 is 19.0. The van der Waals surface area contributed by atoms with Crippen LogP contribution in [-0.4, -0.2) is 35.1 Å². The van der Waals surface area contributed by atoms with Gasteiger partial charge in [-0.1, -0.05) is 6.07 Å². The number of carbonyl (C=O) groups excluding carboxylic acids is 3. The molecule has 4 aliphatic carbocycles. The highest BCUT2D eigenvalue weighted by Gasteiger charge is 2.51. The van der Waals surface area contributed by atoms with Crippen molar-refractivity contribution in [3.63, 3.8) is 0 Å². The lowest BCUT2D eigenvalue weighted by Gasteiger charge is -2.57. The second-order valence-electron chi connectivity index (χ2n) is 11.2. The number of benzene rings is 2. The first-order chi connectivity index (χ1) is 18.3. The molecule has 0 unspecified atom stereocenters. The van der Waals surface area contributed by atoms with Gasteiger partial charge in [-0.3, -0.25) is 19.3 Å².